The number of carbonyl (C=O) groups is 1. The maximum atomic E-state index is 10.1. The molecule has 0 spiro atoms. The van der Waals surface area contributed by atoms with Crippen LogP contribution >= 0.6 is 0 Å². The summed E-state index contributed by atoms with van der Waals surface area (Å²) in [5, 5.41) is 8.27. The van der Waals surface area contributed by atoms with Gasteiger partial charge in [-0.05, 0) is 0 Å². The van der Waals surface area contributed by atoms with Crippen LogP contribution in [0.2, 0.25) is 0 Å². The van der Waals surface area contributed by atoms with Crippen molar-refractivity contribution in [2.75, 3.05) is 5.73 Å². The maximum absolute atomic E-state index is 10.1. The summed E-state index contributed by atoms with van der Waals surface area (Å²) in [6.07, 6.45) is 2.20. The minimum atomic E-state index is -1.15. The van der Waals surface area contributed by atoms with E-state index < -0.39 is 5.97 Å². The molecule has 0 amide bonds. The molecule has 0 bridgehead atoms. The van der Waals surface area contributed by atoms with Crippen molar-refractivity contribution in [3.8, 4) is 0 Å². The van der Waals surface area contributed by atoms with Gasteiger partial charge in [0, 0.05) is 0 Å². The highest BCUT2D eigenvalue weighted by Crippen LogP contribution is 2.01. The number of rotatable bonds is 1. The fourth-order valence-corrected chi connectivity index (χ4v) is 0.427. The number of aromatic carboxylic acids is 1. The van der Waals surface area contributed by atoms with Gasteiger partial charge in [0.2, 0.25) is 0 Å². The lowest BCUT2D eigenvalue weighted by Gasteiger charge is -1.85. The zero-order valence-electron chi connectivity index (χ0n) is 4.38. The number of anilines is 1. The van der Waals surface area contributed by atoms with E-state index in [-0.39, 0.29) is 11.5 Å². The molecule has 0 fully saturated rings. The quantitative estimate of drug-likeness (QED) is 0.472. The zero-order chi connectivity index (χ0) is 6.85. The molecular formula is C4H4N3O2. The number of hydrogen-bond donors (Lipinski definition) is 3. The van der Waals surface area contributed by atoms with Gasteiger partial charge in [0.25, 0.3) is 0 Å². The SMILES string of the molecule is Nc1[nH][c]nc1C(=O)O. The number of carboxylic acid groups (broad SMARTS) is 1. The van der Waals surface area contributed by atoms with Crippen molar-refractivity contribution < 1.29 is 9.90 Å². The molecular weight excluding hydrogens is 122 g/mol. The largest absolute Gasteiger partial charge is 0.476 e. The molecule has 1 heterocycles. The molecule has 0 saturated heterocycles. The van der Waals surface area contributed by atoms with Gasteiger partial charge in [0.1, 0.15) is 5.82 Å². The van der Waals surface area contributed by atoms with Crippen molar-refractivity contribution in [1.29, 1.82) is 0 Å². The van der Waals surface area contributed by atoms with Crippen LogP contribution in [0.3, 0.4) is 0 Å². The van der Waals surface area contributed by atoms with Gasteiger partial charge < -0.3 is 15.8 Å². The van der Waals surface area contributed by atoms with E-state index in [2.05, 4.69) is 16.3 Å². The molecule has 0 unspecified atom stereocenters. The van der Waals surface area contributed by atoms with E-state index in [1.54, 1.807) is 0 Å². The molecule has 0 aliphatic heterocycles. The minimum Gasteiger partial charge on any atom is -0.476 e. The number of nitrogens with zero attached hydrogens (tertiary/aromatic N) is 1. The number of nitrogens with one attached hydrogen (secondary N) is 1. The highest BCUT2D eigenvalue weighted by molar-refractivity contribution is 5.90. The Morgan fingerprint density at radius 3 is 2.78 bits per heavy atom. The van der Waals surface area contributed by atoms with E-state index in [4.69, 9.17) is 10.8 Å². The van der Waals surface area contributed by atoms with Crippen LogP contribution in [0.15, 0.2) is 0 Å². The number of nitrogen functional groups attached to an aromatic ring is 1. The summed E-state index contributed by atoms with van der Waals surface area (Å²) in [5.74, 6) is -1.12. The standard InChI is InChI=1S/C4H4N3O2/c5-3-2(4(8)9)6-1-7-3/h5H2,(H,6,7)(H,8,9). The molecule has 0 saturated carbocycles. The number of carboxylic acids is 1. The van der Waals surface area contributed by atoms with E-state index in [9.17, 15) is 4.79 Å². The summed E-state index contributed by atoms with van der Waals surface area (Å²) in [5.41, 5.74) is 4.93. The third-order valence-electron chi connectivity index (χ3n) is 0.816. The van der Waals surface area contributed by atoms with Gasteiger partial charge in [-0.15, -0.1) is 0 Å². The van der Waals surface area contributed by atoms with Crippen LogP contribution < -0.4 is 5.73 Å². The summed E-state index contributed by atoms with van der Waals surface area (Å²) in [7, 11) is 0. The first-order valence-electron chi connectivity index (χ1n) is 2.16. The van der Waals surface area contributed by atoms with Gasteiger partial charge in [-0.3, -0.25) is 0 Å². The van der Waals surface area contributed by atoms with Crippen LogP contribution in [0.25, 0.3) is 0 Å². The van der Waals surface area contributed by atoms with Gasteiger partial charge >= 0.3 is 5.97 Å². The van der Waals surface area contributed by atoms with Crippen LogP contribution in [0.1, 0.15) is 10.5 Å². The summed E-state index contributed by atoms with van der Waals surface area (Å²) < 4.78 is 0. The zero-order valence-corrected chi connectivity index (χ0v) is 4.38. The molecule has 0 atom stereocenters. The lowest BCUT2D eigenvalue weighted by molar-refractivity contribution is 0.0692. The summed E-state index contributed by atoms with van der Waals surface area (Å²) in [4.78, 5) is 15.7. The predicted molar refractivity (Wildman–Crippen MR) is 28.8 cm³/mol. The first kappa shape index (κ1) is 5.61. The van der Waals surface area contributed by atoms with Crippen LogP contribution in [-0.4, -0.2) is 21.0 Å². The molecule has 47 valence electrons. The molecule has 5 nitrogen and oxygen atoms in total. The molecule has 1 aromatic heterocycles. The van der Waals surface area contributed by atoms with E-state index in [1.807, 2.05) is 0 Å². The number of imidazole rings is 1. The van der Waals surface area contributed by atoms with E-state index >= 15 is 0 Å². The fourth-order valence-electron chi connectivity index (χ4n) is 0.427. The monoisotopic (exact) mass is 126 g/mol. The lowest BCUT2D eigenvalue weighted by Crippen LogP contribution is -2.00. The molecule has 1 radical (unpaired) electrons. The topological polar surface area (TPSA) is 92.0 Å². The number of hydrogen-bond acceptors (Lipinski definition) is 3. The third kappa shape index (κ3) is 0.835. The van der Waals surface area contributed by atoms with Gasteiger partial charge in [-0.2, -0.15) is 0 Å². The molecule has 0 aromatic carbocycles. The number of H-pyrrole nitrogens is 1. The molecule has 0 aliphatic carbocycles. The van der Waals surface area contributed by atoms with Gasteiger partial charge in [0.15, 0.2) is 12.0 Å². The Labute approximate surface area is 50.5 Å². The summed E-state index contributed by atoms with van der Waals surface area (Å²) in [6, 6.07) is 0. The molecule has 9 heavy (non-hydrogen) atoms. The Kier molecular flexibility index (Phi) is 1.11. The van der Waals surface area contributed by atoms with Crippen LogP contribution in [0, 0.1) is 6.33 Å². The second-order valence-electron chi connectivity index (χ2n) is 1.42. The Bertz CT molecular complexity index is 229. The average Bonchev–Trinajstić information content (AvgIpc) is 2.13. The highest BCUT2D eigenvalue weighted by Gasteiger charge is 2.08. The van der Waals surface area contributed by atoms with Gasteiger partial charge in [0.05, 0.1) is 0 Å². The van der Waals surface area contributed by atoms with E-state index in [0.29, 0.717) is 0 Å². The number of aromatic nitrogens is 2. The Balaban J connectivity index is 3.08. The summed E-state index contributed by atoms with van der Waals surface area (Å²) in [6.45, 7) is 0. The lowest BCUT2D eigenvalue weighted by atomic mass is 10.4. The van der Waals surface area contributed by atoms with E-state index in [0.717, 1.165) is 0 Å². The van der Waals surface area contributed by atoms with Crippen molar-refractivity contribution in [2.24, 2.45) is 0 Å². The Hall–Kier alpha value is -1.52. The normalized spacial score (nSPS) is 9.33. The van der Waals surface area contributed by atoms with Crippen LogP contribution in [0.5, 0.6) is 0 Å². The van der Waals surface area contributed by atoms with Crippen molar-refractivity contribution in [3.05, 3.63) is 12.0 Å². The van der Waals surface area contributed by atoms with Gasteiger partial charge in [-0.1, -0.05) is 0 Å². The second kappa shape index (κ2) is 1.77. The first-order valence-corrected chi connectivity index (χ1v) is 2.16. The van der Waals surface area contributed by atoms with E-state index in [1.165, 1.54) is 0 Å². The number of aromatic amines is 1. The van der Waals surface area contributed by atoms with Crippen LogP contribution in [-0.2, 0) is 0 Å². The Morgan fingerprint density at radius 2 is 2.56 bits per heavy atom. The predicted octanol–water partition coefficient (Wildman–Crippen LogP) is -0.510. The first-order chi connectivity index (χ1) is 4.22. The van der Waals surface area contributed by atoms with Gasteiger partial charge in [-0.25, -0.2) is 9.78 Å². The smallest absolute Gasteiger partial charge is 0.358 e. The molecule has 1 aromatic rings. The van der Waals surface area contributed by atoms with Crippen molar-refractivity contribution in [2.45, 2.75) is 0 Å². The minimum absolute atomic E-state index is 0.0301. The third-order valence-corrected chi connectivity index (χ3v) is 0.816. The fraction of sp³-hybridized carbons (Fsp3) is 0. The second-order valence-corrected chi connectivity index (χ2v) is 1.42. The average molecular weight is 126 g/mol. The van der Waals surface area contributed by atoms with Crippen molar-refractivity contribution in [3.63, 3.8) is 0 Å². The van der Waals surface area contributed by atoms with Crippen molar-refractivity contribution in [1.82, 2.24) is 9.97 Å². The van der Waals surface area contributed by atoms with Crippen molar-refractivity contribution >= 4 is 11.8 Å². The molecule has 4 N–H and O–H groups in total. The highest BCUT2D eigenvalue weighted by atomic mass is 16.4. The van der Waals surface area contributed by atoms with Crippen LogP contribution in [0.4, 0.5) is 5.82 Å². The molecule has 1 rings (SSSR count). The Morgan fingerprint density at radius 1 is 1.89 bits per heavy atom. The maximum Gasteiger partial charge on any atom is 0.358 e. The molecule has 5 heteroatoms. The molecule has 0 aliphatic rings. The number of nitrogens with two attached hydrogens (primary N) is 1. The summed E-state index contributed by atoms with van der Waals surface area (Å²) >= 11 is 0.